The molecule has 1 unspecified atom stereocenters. The highest BCUT2D eigenvalue weighted by molar-refractivity contribution is 5.91. The lowest BCUT2D eigenvalue weighted by atomic mass is 10.3. The Morgan fingerprint density at radius 1 is 1.50 bits per heavy atom. The number of methoxy groups -OCH3 is 1. The molecular weight excluding hydrogens is 260 g/mol. The summed E-state index contributed by atoms with van der Waals surface area (Å²) in [6, 6.07) is 2.99. The second-order valence-corrected chi connectivity index (χ2v) is 4.80. The van der Waals surface area contributed by atoms with Crippen molar-refractivity contribution in [1.29, 1.82) is 0 Å². The van der Waals surface area contributed by atoms with Crippen LogP contribution >= 0.6 is 0 Å². The van der Waals surface area contributed by atoms with E-state index in [0.717, 1.165) is 0 Å². The van der Waals surface area contributed by atoms with Gasteiger partial charge in [0.15, 0.2) is 0 Å². The van der Waals surface area contributed by atoms with Crippen LogP contribution in [0.15, 0.2) is 16.9 Å². The first-order valence-electron chi connectivity index (χ1n) is 6.47. The molecule has 0 spiro atoms. The summed E-state index contributed by atoms with van der Waals surface area (Å²) in [7, 11) is 5.43. The molecule has 1 atom stereocenters. The standard InChI is InChI=1S/C13H22N4O3/c1-10(16(2)3)9-14-13(19)11-5-6-12(18)17(15-11)7-8-20-4/h5-6,10H,7-9H2,1-4H3,(H,14,19). The van der Waals surface area contributed by atoms with Crippen molar-refractivity contribution in [1.82, 2.24) is 20.0 Å². The molecule has 1 rings (SSSR count). The third kappa shape index (κ3) is 4.75. The van der Waals surface area contributed by atoms with E-state index in [2.05, 4.69) is 10.4 Å². The molecule has 7 heteroatoms. The Labute approximate surface area is 118 Å². The number of ether oxygens (including phenoxy) is 1. The summed E-state index contributed by atoms with van der Waals surface area (Å²) in [5.74, 6) is -0.287. The number of hydrogen-bond acceptors (Lipinski definition) is 5. The number of nitrogens with one attached hydrogen (secondary N) is 1. The van der Waals surface area contributed by atoms with E-state index in [1.165, 1.54) is 16.8 Å². The molecule has 0 saturated carbocycles. The van der Waals surface area contributed by atoms with Crippen molar-refractivity contribution in [3.8, 4) is 0 Å². The highest BCUT2D eigenvalue weighted by Gasteiger charge is 2.11. The van der Waals surface area contributed by atoms with Crippen molar-refractivity contribution in [2.75, 3.05) is 34.4 Å². The summed E-state index contributed by atoms with van der Waals surface area (Å²) >= 11 is 0. The van der Waals surface area contributed by atoms with Crippen molar-refractivity contribution in [3.05, 3.63) is 28.2 Å². The quantitative estimate of drug-likeness (QED) is 0.734. The average Bonchev–Trinajstić information content (AvgIpc) is 2.43. The fourth-order valence-electron chi connectivity index (χ4n) is 1.42. The van der Waals surface area contributed by atoms with Gasteiger partial charge in [-0.15, -0.1) is 0 Å². The number of hydrogen-bond donors (Lipinski definition) is 1. The number of carbonyl (C=O) groups excluding carboxylic acids is 1. The van der Waals surface area contributed by atoms with Crippen LogP contribution in [-0.2, 0) is 11.3 Å². The fourth-order valence-corrected chi connectivity index (χ4v) is 1.42. The summed E-state index contributed by atoms with van der Waals surface area (Å²) < 4.78 is 6.13. The third-order valence-electron chi connectivity index (χ3n) is 3.05. The number of likely N-dealkylation sites (N-methyl/N-ethyl adjacent to an activating group) is 1. The molecule has 112 valence electrons. The largest absolute Gasteiger partial charge is 0.383 e. The molecule has 0 aromatic carbocycles. The number of rotatable bonds is 7. The highest BCUT2D eigenvalue weighted by atomic mass is 16.5. The van der Waals surface area contributed by atoms with Crippen LogP contribution in [0.4, 0.5) is 0 Å². The van der Waals surface area contributed by atoms with Crippen LogP contribution in [0.2, 0.25) is 0 Å². The smallest absolute Gasteiger partial charge is 0.271 e. The monoisotopic (exact) mass is 282 g/mol. The van der Waals surface area contributed by atoms with E-state index in [9.17, 15) is 9.59 Å². The molecule has 1 N–H and O–H groups in total. The zero-order chi connectivity index (χ0) is 15.1. The van der Waals surface area contributed by atoms with Gasteiger partial charge in [-0.25, -0.2) is 4.68 Å². The Balaban J connectivity index is 2.71. The third-order valence-corrected chi connectivity index (χ3v) is 3.05. The van der Waals surface area contributed by atoms with Crippen LogP contribution in [0.3, 0.4) is 0 Å². The van der Waals surface area contributed by atoms with Gasteiger partial charge in [0.1, 0.15) is 5.69 Å². The molecule has 0 fully saturated rings. The summed E-state index contributed by atoms with van der Waals surface area (Å²) in [5.41, 5.74) is -0.0214. The number of aromatic nitrogens is 2. The minimum Gasteiger partial charge on any atom is -0.383 e. The highest BCUT2D eigenvalue weighted by Crippen LogP contribution is 1.93. The predicted octanol–water partition coefficient (Wildman–Crippen LogP) is -0.430. The van der Waals surface area contributed by atoms with Gasteiger partial charge in [-0.3, -0.25) is 9.59 Å². The molecule has 1 aromatic rings. The van der Waals surface area contributed by atoms with Crippen LogP contribution in [0.5, 0.6) is 0 Å². The topological polar surface area (TPSA) is 76.5 Å². The average molecular weight is 282 g/mol. The molecule has 0 bridgehead atoms. The molecule has 1 amide bonds. The van der Waals surface area contributed by atoms with E-state index in [4.69, 9.17) is 4.74 Å². The Morgan fingerprint density at radius 2 is 2.20 bits per heavy atom. The van der Waals surface area contributed by atoms with Crippen LogP contribution < -0.4 is 10.9 Å². The first-order chi connectivity index (χ1) is 9.45. The van der Waals surface area contributed by atoms with E-state index in [-0.39, 0.29) is 23.2 Å². The zero-order valence-corrected chi connectivity index (χ0v) is 12.4. The Morgan fingerprint density at radius 3 is 2.80 bits per heavy atom. The van der Waals surface area contributed by atoms with Gasteiger partial charge in [0.05, 0.1) is 13.2 Å². The van der Waals surface area contributed by atoms with Crippen molar-refractivity contribution in [2.45, 2.75) is 19.5 Å². The van der Waals surface area contributed by atoms with E-state index >= 15 is 0 Å². The van der Waals surface area contributed by atoms with Gasteiger partial charge in [0.25, 0.3) is 11.5 Å². The summed E-state index contributed by atoms with van der Waals surface area (Å²) in [5, 5.41) is 6.82. The zero-order valence-electron chi connectivity index (χ0n) is 12.4. The lowest BCUT2D eigenvalue weighted by molar-refractivity contribution is 0.0935. The van der Waals surface area contributed by atoms with Gasteiger partial charge >= 0.3 is 0 Å². The van der Waals surface area contributed by atoms with Gasteiger partial charge in [0.2, 0.25) is 0 Å². The minimum atomic E-state index is -0.287. The molecule has 7 nitrogen and oxygen atoms in total. The maximum atomic E-state index is 12.0. The summed E-state index contributed by atoms with van der Waals surface area (Å²) in [6.45, 7) is 3.22. The molecule has 0 saturated heterocycles. The molecule has 0 aliphatic carbocycles. The molecule has 0 radical (unpaired) electrons. The van der Waals surface area contributed by atoms with Gasteiger partial charge in [-0.2, -0.15) is 5.10 Å². The normalized spacial score (nSPS) is 12.4. The van der Waals surface area contributed by atoms with E-state index in [0.29, 0.717) is 19.7 Å². The first-order valence-corrected chi connectivity index (χ1v) is 6.47. The number of nitrogens with zero attached hydrogens (tertiary/aromatic N) is 3. The second-order valence-electron chi connectivity index (χ2n) is 4.80. The van der Waals surface area contributed by atoms with Crippen LogP contribution in [0.25, 0.3) is 0 Å². The first kappa shape index (κ1) is 16.3. The second kappa shape index (κ2) is 7.76. The predicted molar refractivity (Wildman–Crippen MR) is 75.9 cm³/mol. The maximum Gasteiger partial charge on any atom is 0.271 e. The van der Waals surface area contributed by atoms with E-state index in [1.54, 1.807) is 7.11 Å². The lowest BCUT2D eigenvalue weighted by Crippen LogP contribution is -2.39. The fraction of sp³-hybridized carbons (Fsp3) is 0.615. The van der Waals surface area contributed by atoms with Crippen molar-refractivity contribution in [3.63, 3.8) is 0 Å². The van der Waals surface area contributed by atoms with E-state index < -0.39 is 0 Å². The summed E-state index contributed by atoms with van der Waals surface area (Å²) in [6.07, 6.45) is 0. The number of carbonyl (C=O) groups is 1. The molecule has 0 aliphatic rings. The maximum absolute atomic E-state index is 12.0. The molecule has 1 aromatic heterocycles. The molecule has 0 aliphatic heterocycles. The van der Waals surface area contributed by atoms with Crippen LogP contribution in [0, 0.1) is 0 Å². The molecule has 20 heavy (non-hydrogen) atoms. The Kier molecular flexibility index (Phi) is 6.33. The Hall–Kier alpha value is -1.73. The summed E-state index contributed by atoms with van der Waals surface area (Å²) in [4.78, 5) is 25.5. The minimum absolute atomic E-state index is 0.221. The molecule has 1 heterocycles. The van der Waals surface area contributed by atoms with Crippen LogP contribution in [0.1, 0.15) is 17.4 Å². The van der Waals surface area contributed by atoms with Gasteiger partial charge in [-0.1, -0.05) is 0 Å². The Bertz CT molecular complexity index is 499. The SMILES string of the molecule is COCCn1nc(C(=O)NCC(C)N(C)C)ccc1=O. The number of amides is 1. The van der Waals surface area contributed by atoms with Crippen molar-refractivity contribution >= 4 is 5.91 Å². The van der Waals surface area contributed by atoms with Crippen molar-refractivity contribution in [2.24, 2.45) is 0 Å². The van der Waals surface area contributed by atoms with Crippen LogP contribution in [-0.4, -0.2) is 61.0 Å². The van der Waals surface area contributed by atoms with Gasteiger partial charge in [-0.05, 0) is 27.1 Å². The van der Waals surface area contributed by atoms with Gasteiger partial charge in [0, 0.05) is 25.8 Å². The van der Waals surface area contributed by atoms with E-state index in [1.807, 2.05) is 25.9 Å². The molecular formula is C13H22N4O3. The van der Waals surface area contributed by atoms with Crippen molar-refractivity contribution < 1.29 is 9.53 Å². The van der Waals surface area contributed by atoms with Gasteiger partial charge < -0.3 is 15.0 Å². The lowest BCUT2D eigenvalue weighted by Gasteiger charge is -2.19.